The molecule has 3 nitrogen and oxygen atoms in total. The Morgan fingerprint density at radius 1 is 1.04 bits per heavy atom. The smallest absolute Gasteiger partial charge is 0.102 e. The normalized spacial score (nSPS) is 14.2. The fraction of sp³-hybridized carbons (Fsp3) is 0.261. The molecule has 0 saturated heterocycles. The maximum absolute atomic E-state index is 9.75. The summed E-state index contributed by atoms with van der Waals surface area (Å²) in [5.74, 6) is 0. The monoisotopic (exact) mass is 379 g/mol. The highest BCUT2D eigenvalue weighted by Gasteiger charge is 2.19. The molecule has 0 radical (unpaired) electrons. The second-order valence-corrected chi connectivity index (χ2v) is 7.51. The zero-order chi connectivity index (χ0) is 18.8. The second-order valence-electron chi connectivity index (χ2n) is 7.07. The molecule has 1 atom stereocenters. The number of aryl methyl sites for hydroxylation is 1. The van der Waals surface area contributed by atoms with E-state index in [2.05, 4.69) is 6.07 Å². The van der Waals surface area contributed by atoms with Crippen LogP contribution in [-0.2, 0) is 19.3 Å². The van der Waals surface area contributed by atoms with Gasteiger partial charge in [-0.1, -0.05) is 48.0 Å². The van der Waals surface area contributed by atoms with Gasteiger partial charge in [0.25, 0.3) is 0 Å². The lowest BCUT2D eigenvalue weighted by Crippen LogP contribution is -2.03. The minimum atomic E-state index is -0.821. The number of fused-ring (bicyclic) bond motifs is 1. The number of halogens is 1. The molecule has 138 valence electrons. The number of aliphatic hydroxyl groups is 2. The molecule has 1 heterocycles. The van der Waals surface area contributed by atoms with E-state index in [9.17, 15) is 5.11 Å². The third kappa shape index (κ3) is 3.91. The Kier molecular flexibility index (Phi) is 5.26. The first-order valence-electron chi connectivity index (χ1n) is 9.29. The third-order valence-corrected chi connectivity index (χ3v) is 5.43. The van der Waals surface area contributed by atoms with Crippen molar-refractivity contribution in [3.8, 4) is 11.3 Å². The van der Waals surface area contributed by atoms with E-state index < -0.39 is 6.10 Å². The highest BCUT2D eigenvalue weighted by atomic mass is 35.5. The largest absolute Gasteiger partial charge is 0.393 e. The summed E-state index contributed by atoms with van der Waals surface area (Å²) in [6.07, 6.45) is 3.26. The molecule has 1 aromatic heterocycles. The van der Waals surface area contributed by atoms with E-state index in [4.69, 9.17) is 21.7 Å². The molecule has 0 aliphatic heterocycles. The number of pyridine rings is 1. The van der Waals surface area contributed by atoms with Gasteiger partial charge in [-0.25, -0.2) is 0 Å². The summed E-state index contributed by atoms with van der Waals surface area (Å²) in [7, 11) is 0. The number of nitrogens with zero attached hydrogens (tertiary/aromatic N) is 1. The van der Waals surface area contributed by atoms with Crippen molar-refractivity contribution >= 4 is 11.6 Å². The Bertz CT molecular complexity index is 953. The zero-order valence-electron chi connectivity index (χ0n) is 15.0. The van der Waals surface area contributed by atoms with Gasteiger partial charge < -0.3 is 10.2 Å². The Hall–Kier alpha value is -2.20. The molecule has 4 heteroatoms. The highest BCUT2D eigenvalue weighted by molar-refractivity contribution is 6.30. The summed E-state index contributed by atoms with van der Waals surface area (Å²) in [6, 6.07) is 17.8. The van der Waals surface area contributed by atoms with Gasteiger partial charge in [-0.3, -0.25) is 4.98 Å². The number of aromatic nitrogens is 1. The Labute approximate surface area is 164 Å². The second kappa shape index (κ2) is 7.81. The molecule has 3 aromatic rings. The molecule has 2 aromatic carbocycles. The predicted molar refractivity (Wildman–Crippen MR) is 108 cm³/mol. The Balaban J connectivity index is 1.68. The van der Waals surface area contributed by atoms with Crippen LogP contribution in [0.1, 0.15) is 40.5 Å². The van der Waals surface area contributed by atoms with Crippen LogP contribution in [0.2, 0.25) is 5.02 Å². The first-order chi connectivity index (χ1) is 13.1. The molecule has 4 rings (SSSR count). The number of hydrogen-bond acceptors (Lipinski definition) is 3. The van der Waals surface area contributed by atoms with Crippen LogP contribution < -0.4 is 0 Å². The standard InChI is InChI=1S/C23H22ClNO2/c24-19-4-1-3-17(12-19)22-13-18(20-5-2-6-21(20)25-22)11-15-7-9-16(10-8-15)23(27)14-26/h1,3-4,7-10,12-13,23,26-27H,2,5-6,11,14H2. The fourth-order valence-electron chi connectivity index (χ4n) is 3.76. The van der Waals surface area contributed by atoms with Crippen molar-refractivity contribution in [3.63, 3.8) is 0 Å². The van der Waals surface area contributed by atoms with E-state index in [1.807, 2.05) is 48.5 Å². The number of benzene rings is 2. The third-order valence-electron chi connectivity index (χ3n) is 5.20. The van der Waals surface area contributed by atoms with Crippen molar-refractivity contribution in [2.24, 2.45) is 0 Å². The van der Waals surface area contributed by atoms with E-state index >= 15 is 0 Å². The molecule has 0 fully saturated rings. The van der Waals surface area contributed by atoms with Crippen LogP contribution in [0.15, 0.2) is 54.6 Å². The average molecular weight is 380 g/mol. The van der Waals surface area contributed by atoms with E-state index in [0.717, 1.165) is 47.5 Å². The van der Waals surface area contributed by atoms with Gasteiger partial charge in [-0.2, -0.15) is 0 Å². The van der Waals surface area contributed by atoms with Gasteiger partial charge in [-0.05, 0) is 66.1 Å². The quantitative estimate of drug-likeness (QED) is 0.685. The van der Waals surface area contributed by atoms with E-state index in [0.29, 0.717) is 0 Å². The summed E-state index contributed by atoms with van der Waals surface area (Å²) in [4.78, 5) is 4.90. The molecule has 1 aliphatic rings. The fourth-order valence-corrected chi connectivity index (χ4v) is 3.95. The van der Waals surface area contributed by atoms with Gasteiger partial charge in [0, 0.05) is 16.3 Å². The first-order valence-corrected chi connectivity index (χ1v) is 9.67. The van der Waals surface area contributed by atoms with Crippen molar-refractivity contribution in [3.05, 3.63) is 87.6 Å². The van der Waals surface area contributed by atoms with Crippen LogP contribution in [0.25, 0.3) is 11.3 Å². The zero-order valence-corrected chi connectivity index (χ0v) is 15.8. The van der Waals surface area contributed by atoms with Gasteiger partial charge in [0.2, 0.25) is 0 Å². The van der Waals surface area contributed by atoms with Crippen molar-refractivity contribution in [2.75, 3.05) is 6.61 Å². The summed E-state index contributed by atoms with van der Waals surface area (Å²) in [6.45, 7) is -0.264. The summed E-state index contributed by atoms with van der Waals surface area (Å²) in [5.41, 5.74) is 7.82. The van der Waals surface area contributed by atoms with Gasteiger partial charge in [0.15, 0.2) is 0 Å². The van der Waals surface area contributed by atoms with E-state index in [-0.39, 0.29) is 6.61 Å². The van der Waals surface area contributed by atoms with Crippen molar-refractivity contribution in [2.45, 2.75) is 31.8 Å². The first kappa shape index (κ1) is 18.2. The Morgan fingerprint density at radius 3 is 2.59 bits per heavy atom. The minimum Gasteiger partial charge on any atom is -0.393 e. The van der Waals surface area contributed by atoms with E-state index in [1.54, 1.807) is 0 Å². The maximum atomic E-state index is 9.75. The van der Waals surface area contributed by atoms with Crippen molar-refractivity contribution in [1.82, 2.24) is 4.98 Å². The maximum Gasteiger partial charge on any atom is 0.102 e. The molecule has 2 N–H and O–H groups in total. The Morgan fingerprint density at radius 2 is 1.85 bits per heavy atom. The number of hydrogen-bond donors (Lipinski definition) is 2. The SMILES string of the molecule is OCC(O)c1ccc(Cc2cc(-c3cccc(Cl)c3)nc3c2CCC3)cc1. The molecular formula is C23H22ClNO2. The lowest BCUT2D eigenvalue weighted by molar-refractivity contribution is 0.0956. The van der Waals surface area contributed by atoms with Crippen molar-refractivity contribution in [1.29, 1.82) is 0 Å². The number of rotatable bonds is 5. The van der Waals surface area contributed by atoms with Crippen LogP contribution in [0.3, 0.4) is 0 Å². The minimum absolute atomic E-state index is 0.264. The van der Waals surface area contributed by atoms with Gasteiger partial charge in [0.05, 0.1) is 12.3 Å². The molecule has 0 saturated carbocycles. The van der Waals surface area contributed by atoms with Crippen LogP contribution >= 0.6 is 11.6 Å². The lowest BCUT2D eigenvalue weighted by Gasteiger charge is -2.13. The molecule has 27 heavy (non-hydrogen) atoms. The van der Waals surface area contributed by atoms with E-state index in [1.165, 1.54) is 22.4 Å². The number of aliphatic hydroxyl groups excluding tert-OH is 2. The molecule has 0 bridgehead atoms. The molecule has 0 amide bonds. The topological polar surface area (TPSA) is 53.4 Å². The van der Waals surface area contributed by atoms with Gasteiger partial charge in [-0.15, -0.1) is 0 Å². The van der Waals surface area contributed by atoms with Gasteiger partial charge in [0.1, 0.15) is 6.10 Å². The predicted octanol–water partition coefficient (Wildman–Crippen LogP) is 4.51. The van der Waals surface area contributed by atoms with Crippen LogP contribution in [-0.4, -0.2) is 21.8 Å². The lowest BCUT2D eigenvalue weighted by atomic mass is 9.96. The molecule has 1 unspecified atom stereocenters. The molecular weight excluding hydrogens is 358 g/mol. The molecule has 0 spiro atoms. The van der Waals surface area contributed by atoms with Crippen molar-refractivity contribution < 1.29 is 10.2 Å². The molecule has 1 aliphatic carbocycles. The summed E-state index contributed by atoms with van der Waals surface area (Å²) < 4.78 is 0. The highest BCUT2D eigenvalue weighted by Crippen LogP contribution is 2.31. The van der Waals surface area contributed by atoms with Crippen LogP contribution in [0, 0.1) is 0 Å². The van der Waals surface area contributed by atoms with Gasteiger partial charge >= 0.3 is 0 Å². The van der Waals surface area contributed by atoms with Crippen LogP contribution in [0.5, 0.6) is 0 Å². The van der Waals surface area contributed by atoms with Crippen LogP contribution in [0.4, 0.5) is 0 Å². The summed E-state index contributed by atoms with van der Waals surface area (Å²) >= 11 is 6.17. The average Bonchev–Trinajstić information content (AvgIpc) is 3.17. The summed E-state index contributed by atoms with van der Waals surface area (Å²) in [5, 5.41) is 19.6.